The number of rotatable bonds is 0. The van der Waals surface area contributed by atoms with E-state index in [1.165, 1.54) is 9.65 Å². The molecule has 1 N–H and O–H groups in total. The summed E-state index contributed by atoms with van der Waals surface area (Å²) in [5.74, 6) is 5.91. The van der Waals surface area contributed by atoms with Crippen LogP contribution in [0.4, 0.5) is 0 Å². The van der Waals surface area contributed by atoms with Crippen LogP contribution in [0.2, 0.25) is 0 Å². The van der Waals surface area contributed by atoms with Crippen LogP contribution in [0.3, 0.4) is 0 Å². The van der Waals surface area contributed by atoms with Crippen molar-refractivity contribution in [3.8, 4) is 11.8 Å². The summed E-state index contributed by atoms with van der Waals surface area (Å²) < 4.78 is 2.52. The van der Waals surface area contributed by atoms with Gasteiger partial charge in [-0.25, -0.2) is 0 Å². The molecule has 0 unspecified atom stereocenters. The van der Waals surface area contributed by atoms with E-state index in [1.54, 1.807) is 13.8 Å². The van der Waals surface area contributed by atoms with Gasteiger partial charge in [0.2, 0.25) is 0 Å². The average Bonchev–Trinajstić information content (AvgIpc) is 2.56. The third-order valence-electron chi connectivity index (χ3n) is 1.92. The molecule has 0 radical (unpaired) electrons. The fraction of sp³-hybridized carbons (Fsp3) is 0.231. The minimum absolute atomic E-state index is 0.314. The SMILES string of the molecule is CC(C)(O)C#Cc1cc2ccccc2[se]1. The first-order chi connectivity index (χ1) is 7.04. The first kappa shape index (κ1) is 10.5. The standard InChI is InChI=1S/C13H12OSe/c1-13(2,14)8-7-11-9-10-5-3-4-6-12(10)15-11/h3-6,9,14H,1-2H3. The molecule has 0 bridgehead atoms. The fourth-order valence-electron chi connectivity index (χ4n) is 1.26. The van der Waals surface area contributed by atoms with Crippen molar-refractivity contribution in [2.75, 3.05) is 0 Å². The maximum atomic E-state index is 9.50. The van der Waals surface area contributed by atoms with Crippen LogP contribution in [0.25, 0.3) is 9.65 Å². The molecular weight excluding hydrogens is 251 g/mol. The molecule has 15 heavy (non-hydrogen) atoms. The second kappa shape index (κ2) is 3.87. The Morgan fingerprint density at radius 1 is 1.27 bits per heavy atom. The van der Waals surface area contributed by atoms with Crippen LogP contribution in [-0.2, 0) is 0 Å². The Morgan fingerprint density at radius 2 is 2.00 bits per heavy atom. The summed E-state index contributed by atoms with van der Waals surface area (Å²) in [6, 6.07) is 10.5. The van der Waals surface area contributed by atoms with Crippen molar-refractivity contribution in [3.05, 3.63) is 34.8 Å². The van der Waals surface area contributed by atoms with E-state index < -0.39 is 5.60 Å². The molecule has 2 aromatic rings. The van der Waals surface area contributed by atoms with Gasteiger partial charge in [-0.15, -0.1) is 0 Å². The zero-order chi connectivity index (χ0) is 10.9. The molecule has 1 aromatic heterocycles. The number of hydrogen-bond donors (Lipinski definition) is 1. The van der Waals surface area contributed by atoms with Gasteiger partial charge in [0.25, 0.3) is 0 Å². The Hall–Kier alpha value is -1.00. The summed E-state index contributed by atoms with van der Waals surface area (Å²) in [5.41, 5.74) is -0.897. The maximum absolute atomic E-state index is 9.50. The molecule has 0 aliphatic carbocycles. The molecule has 1 nitrogen and oxygen atoms in total. The minimum atomic E-state index is -0.897. The Bertz CT molecular complexity index is 502. The zero-order valence-corrected chi connectivity index (χ0v) is 10.5. The van der Waals surface area contributed by atoms with Gasteiger partial charge < -0.3 is 0 Å². The number of aliphatic hydroxyl groups is 1. The van der Waals surface area contributed by atoms with Crippen molar-refractivity contribution in [1.29, 1.82) is 0 Å². The van der Waals surface area contributed by atoms with Gasteiger partial charge in [-0.1, -0.05) is 0 Å². The molecule has 0 aliphatic heterocycles. The molecule has 0 atom stereocenters. The zero-order valence-electron chi connectivity index (χ0n) is 8.74. The number of hydrogen-bond acceptors (Lipinski definition) is 1. The Balaban J connectivity index is 2.41. The van der Waals surface area contributed by atoms with E-state index in [4.69, 9.17) is 0 Å². The Kier molecular flexibility index (Phi) is 2.71. The van der Waals surface area contributed by atoms with Crippen LogP contribution in [0, 0.1) is 11.8 Å². The average molecular weight is 263 g/mol. The molecule has 1 aromatic carbocycles. The quantitative estimate of drug-likeness (QED) is 0.569. The summed E-state index contributed by atoms with van der Waals surface area (Å²) in [6.45, 7) is 3.41. The predicted octanol–water partition coefficient (Wildman–Crippen LogP) is 2.02. The van der Waals surface area contributed by atoms with Crippen molar-refractivity contribution >= 4 is 24.1 Å². The van der Waals surface area contributed by atoms with Gasteiger partial charge >= 0.3 is 95.3 Å². The third-order valence-corrected chi connectivity index (χ3v) is 4.08. The summed E-state index contributed by atoms with van der Waals surface area (Å²) in [7, 11) is 0. The van der Waals surface area contributed by atoms with Gasteiger partial charge in [0.05, 0.1) is 0 Å². The van der Waals surface area contributed by atoms with Crippen molar-refractivity contribution in [2.45, 2.75) is 19.4 Å². The van der Waals surface area contributed by atoms with Gasteiger partial charge in [0.15, 0.2) is 0 Å². The van der Waals surface area contributed by atoms with Gasteiger partial charge in [0.1, 0.15) is 0 Å². The topological polar surface area (TPSA) is 20.2 Å². The van der Waals surface area contributed by atoms with E-state index in [2.05, 4.69) is 36.1 Å². The van der Waals surface area contributed by atoms with E-state index in [1.807, 2.05) is 6.07 Å². The van der Waals surface area contributed by atoms with Crippen LogP contribution < -0.4 is 0 Å². The molecular formula is C13H12OSe. The monoisotopic (exact) mass is 264 g/mol. The normalized spacial score (nSPS) is 11.1. The summed E-state index contributed by atoms with van der Waals surface area (Å²) in [6.07, 6.45) is 0. The van der Waals surface area contributed by atoms with Crippen LogP contribution in [0.5, 0.6) is 0 Å². The second-order valence-corrected chi connectivity index (χ2v) is 6.23. The summed E-state index contributed by atoms with van der Waals surface area (Å²) >= 11 is 0.314. The van der Waals surface area contributed by atoms with Crippen molar-refractivity contribution in [1.82, 2.24) is 0 Å². The van der Waals surface area contributed by atoms with Crippen molar-refractivity contribution in [3.63, 3.8) is 0 Å². The van der Waals surface area contributed by atoms with Gasteiger partial charge in [-0.05, 0) is 0 Å². The fourth-order valence-corrected chi connectivity index (χ4v) is 3.18. The molecule has 1 heterocycles. The predicted molar refractivity (Wildman–Crippen MR) is 64.1 cm³/mol. The van der Waals surface area contributed by atoms with Gasteiger partial charge in [0, 0.05) is 0 Å². The summed E-state index contributed by atoms with van der Waals surface area (Å²) in [4.78, 5) is 0. The van der Waals surface area contributed by atoms with E-state index in [0.717, 1.165) is 4.44 Å². The third kappa shape index (κ3) is 2.73. The number of benzene rings is 1. The van der Waals surface area contributed by atoms with E-state index in [-0.39, 0.29) is 0 Å². The molecule has 76 valence electrons. The molecule has 0 aliphatic rings. The van der Waals surface area contributed by atoms with Crippen LogP contribution in [0.15, 0.2) is 30.3 Å². The Labute approximate surface area is 95.5 Å². The first-order valence-corrected chi connectivity index (χ1v) is 6.50. The molecule has 2 heteroatoms. The molecule has 2 rings (SSSR count). The number of fused-ring (bicyclic) bond motifs is 1. The van der Waals surface area contributed by atoms with Gasteiger partial charge in [-0.2, -0.15) is 0 Å². The summed E-state index contributed by atoms with van der Waals surface area (Å²) in [5, 5.41) is 10.8. The first-order valence-electron chi connectivity index (χ1n) is 4.79. The Morgan fingerprint density at radius 3 is 2.67 bits per heavy atom. The second-order valence-electron chi connectivity index (χ2n) is 3.96. The van der Waals surface area contributed by atoms with Crippen molar-refractivity contribution < 1.29 is 5.11 Å². The molecule has 0 amide bonds. The van der Waals surface area contributed by atoms with Crippen LogP contribution in [-0.4, -0.2) is 25.2 Å². The molecule has 0 saturated heterocycles. The van der Waals surface area contributed by atoms with Gasteiger partial charge in [-0.3, -0.25) is 0 Å². The molecule has 0 fully saturated rings. The van der Waals surface area contributed by atoms with E-state index in [9.17, 15) is 5.11 Å². The van der Waals surface area contributed by atoms with E-state index in [0.29, 0.717) is 14.5 Å². The molecule has 0 saturated carbocycles. The van der Waals surface area contributed by atoms with Crippen molar-refractivity contribution in [2.24, 2.45) is 0 Å². The molecule has 0 spiro atoms. The van der Waals surface area contributed by atoms with Crippen LogP contribution >= 0.6 is 0 Å². The van der Waals surface area contributed by atoms with E-state index >= 15 is 0 Å². The van der Waals surface area contributed by atoms with Crippen LogP contribution in [0.1, 0.15) is 18.3 Å².